The fraction of sp³-hybridized carbons (Fsp3) is 0.455. The van der Waals surface area contributed by atoms with Crippen LogP contribution < -0.4 is 0 Å². The minimum atomic E-state index is -1.16. The molecule has 13 heavy (non-hydrogen) atoms. The highest BCUT2D eigenvalue weighted by molar-refractivity contribution is 5.31. The van der Waals surface area contributed by atoms with Gasteiger partial charge in [0.2, 0.25) is 0 Å². The molecule has 0 spiro atoms. The van der Waals surface area contributed by atoms with Gasteiger partial charge in [-0.3, -0.25) is 0 Å². The first-order valence-electron chi connectivity index (χ1n) is 4.45. The van der Waals surface area contributed by atoms with Gasteiger partial charge in [0.1, 0.15) is 11.4 Å². The van der Waals surface area contributed by atoms with Crippen molar-refractivity contribution >= 4 is 0 Å². The Hall–Kier alpha value is -1.05. The van der Waals surface area contributed by atoms with Crippen LogP contribution in [0.4, 0.5) is 4.39 Å². The average Bonchev–Trinajstić information content (AvgIpc) is 2.01. The number of rotatable bonds is 3. The lowest BCUT2D eigenvalue weighted by Crippen LogP contribution is -2.12. The van der Waals surface area contributed by atoms with Gasteiger partial charge >= 0.3 is 0 Å². The Morgan fingerprint density at radius 3 is 2.46 bits per heavy atom. The van der Waals surface area contributed by atoms with Crippen LogP contribution in [0.2, 0.25) is 0 Å². The minimum absolute atomic E-state index is 0.256. The van der Waals surface area contributed by atoms with Crippen LogP contribution in [0.25, 0.3) is 0 Å². The second-order valence-electron chi connectivity index (χ2n) is 3.85. The summed E-state index contributed by atoms with van der Waals surface area (Å²) in [7, 11) is 0. The molecule has 0 aliphatic heterocycles. The number of phenolic OH excluding ortho intramolecular Hbond substituents is 1. The van der Waals surface area contributed by atoms with Gasteiger partial charge in [-0.25, -0.2) is 4.39 Å². The Labute approximate surface area is 78.2 Å². The van der Waals surface area contributed by atoms with Gasteiger partial charge in [0, 0.05) is 0 Å². The van der Waals surface area contributed by atoms with Crippen LogP contribution in [0.15, 0.2) is 24.3 Å². The highest BCUT2D eigenvalue weighted by atomic mass is 19.1. The lowest BCUT2D eigenvalue weighted by Gasteiger charge is -2.13. The Balaban J connectivity index is 2.60. The van der Waals surface area contributed by atoms with E-state index in [4.69, 9.17) is 0 Å². The van der Waals surface area contributed by atoms with E-state index in [1.807, 2.05) is 12.1 Å². The fourth-order valence-electron chi connectivity index (χ4n) is 1.15. The molecule has 1 N–H and O–H groups in total. The second-order valence-corrected chi connectivity index (χ2v) is 3.85. The minimum Gasteiger partial charge on any atom is -0.508 e. The van der Waals surface area contributed by atoms with Gasteiger partial charge in [-0.15, -0.1) is 0 Å². The third kappa shape index (κ3) is 3.45. The van der Waals surface area contributed by atoms with E-state index in [9.17, 15) is 9.50 Å². The predicted molar refractivity (Wildman–Crippen MR) is 51.6 cm³/mol. The summed E-state index contributed by atoms with van der Waals surface area (Å²) in [5.41, 5.74) is -0.351. The maximum absolute atomic E-state index is 13.1. The van der Waals surface area contributed by atoms with Gasteiger partial charge in [0.25, 0.3) is 0 Å². The number of aryl methyl sites for hydroxylation is 1. The van der Waals surface area contributed by atoms with Gasteiger partial charge < -0.3 is 5.11 Å². The molecule has 0 aliphatic carbocycles. The molecule has 2 heteroatoms. The quantitative estimate of drug-likeness (QED) is 0.761. The molecule has 1 rings (SSSR count). The van der Waals surface area contributed by atoms with Gasteiger partial charge in [-0.05, 0) is 38.3 Å². The van der Waals surface area contributed by atoms with Gasteiger partial charge in [0.05, 0.1) is 0 Å². The molecule has 0 unspecified atom stereocenters. The normalized spacial score (nSPS) is 11.6. The number of benzene rings is 1. The zero-order chi connectivity index (χ0) is 9.90. The van der Waals surface area contributed by atoms with Crippen molar-refractivity contribution in [1.82, 2.24) is 0 Å². The standard InChI is InChI=1S/C11H15FO/c1-11(2,12)8-7-9-5-3-4-6-10(9)13/h3-6,13H,7-8H2,1-2H3. The van der Waals surface area contributed by atoms with E-state index in [-0.39, 0.29) is 5.75 Å². The molecule has 0 amide bonds. The molecular formula is C11H15FO. The summed E-state index contributed by atoms with van der Waals surface area (Å²) in [4.78, 5) is 0. The summed E-state index contributed by atoms with van der Waals surface area (Å²) in [6.45, 7) is 3.10. The van der Waals surface area contributed by atoms with Crippen LogP contribution in [0, 0.1) is 0 Å². The largest absolute Gasteiger partial charge is 0.508 e. The van der Waals surface area contributed by atoms with Crippen molar-refractivity contribution in [3.8, 4) is 5.75 Å². The maximum atomic E-state index is 13.1. The summed E-state index contributed by atoms with van der Waals surface area (Å²) < 4.78 is 13.1. The smallest absolute Gasteiger partial charge is 0.118 e. The molecule has 72 valence electrons. The number of aromatic hydroxyl groups is 1. The van der Waals surface area contributed by atoms with Gasteiger partial charge in [-0.1, -0.05) is 18.2 Å². The summed E-state index contributed by atoms with van der Waals surface area (Å²) in [6.07, 6.45) is 1.01. The van der Waals surface area contributed by atoms with Gasteiger partial charge in [-0.2, -0.15) is 0 Å². The van der Waals surface area contributed by atoms with E-state index in [0.29, 0.717) is 12.8 Å². The first kappa shape index (κ1) is 10.0. The number of alkyl halides is 1. The van der Waals surface area contributed by atoms with Crippen molar-refractivity contribution in [2.75, 3.05) is 0 Å². The molecule has 0 aliphatic rings. The lowest BCUT2D eigenvalue weighted by molar-refractivity contribution is 0.201. The molecule has 0 fully saturated rings. The molecule has 1 aromatic carbocycles. The maximum Gasteiger partial charge on any atom is 0.118 e. The van der Waals surface area contributed by atoms with Crippen molar-refractivity contribution in [2.24, 2.45) is 0 Å². The molecule has 0 bridgehead atoms. The molecular weight excluding hydrogens is 167 g/mol. The highest BCUT2D eigenvalue weighted by Gasteiger charge is 2.15. The summed E-state index contributed by atoms with van der Waals surface area (Å²) in [6, 6.07) is 7.06. The number of phenols is 1. The molecule has 0 saturated carbocycles. The molecule has 1 nitrogen and oxygen atoms in total. The third-order valence-electron chi connectivity index (χ3n) is 1.98. The predicted octanol–water partition coefficient (Wildman–Crippen LogP) is 3.07. The van der Waals surface area contributed by atoms with Crippen LogP contribution in [0.1, 0.15) is 25.8 Å². The molecule has 1 aromatic rings. The van der Waals surface area contributed by atoms with Crippen LogP contribution in [-0.4, -0.2) is 10.8 Å². The topological polar surface area (TPSA) is 20.2 Å². The van der Waals surface area contributed by atoms with Crippen LogP contribution >= 0.6 is 0 Å². The van der Waals surface area contributed by atoms with Crippen molar-refractivity contribution in [1.29, 1.82) is 0 Å². The molecule has 0 saturated heterocycles. The molecule has 0 aromatic heterocycles. The number of para-hydroxylation sites is 1. The average molecular weight is 182 g/mol. The van der Waals surface area contributed by atoms with E-state index < -0.39 is 5.67 Å². The van der Waals surface area contributed by atoms with Crippen LogP contribution in [0.3, 0.4) is 0 Å². The van der Waals surface area contributed by atoms with E-state index >= 15 is 0 Å². The summed E-state index contributed by atoms with van der Waals surface area (Å²) in [5, 5.41) is 9.38. The Morgan fingerprint density at radius 2 is 1.92 bits per heavy atom. The van der Waals surface area contributed by atoms with Crippen molar-refractivity contribution in [3.05, 3.63) is 29.8 Å². The van der Waals surface area contributed by atoms with E-state index in [1.165, 1.54) is 0 Å². The zero-order valence-corrected chi connectivity index (χ0v) is 8.05. The Kier molecular flexibility index (Phi) is 2.91. The first-order chi connectivity index (χ1) is 5.99. The molecule has 0 atom stereocenters. The lowest BCUT2D eigenvalue weighted by atomic mass is 10.00. The number of hydrogen-bond acceptors (Lipinski definition) is 1. The van der Waals surface area contributed by atoms with E-state index in [1.54, 1.807) is 26.0 Å². The molecule has 0 heterocycles. The third-order valence-corrected chi connectivity index (χ3v) is 1.98. The monoisotopic (exact) mass is 182 g/mol. The van der Waals surface area contributed by atoms with Crippen LogP contribution in [-0.2, 0) is 6.42 Å². The van der Waals surface area contributed by atoms with Crippen molar-refractivity contribution < 1.29 is 9.50 Å². The molecule has 0 radical (unpaired) electrons. The highest BCUT2D eigenvalue weighted by Crippen LogP contribution is 2.22. The Bertz CT molecular complexity index is 276. The van der Waals surface area contributed by atoms with E-state index in [0.717, 1.165) is 5.56 Å². The first-order valence-corrected chi connectivity index (χ1v) is 4.45. The fourth-order valence-corrected chi connectivity index (χ4v) is 1.15. The van der Waals surface area contributed by atoms with Crippen LogP contribution in [0.5, 0.6) is 5.75 Å². The number of halogens is 1. The SMILES string of the molecule is CC(C)(F)CCc1ccccc1O. The second kappa shape index (κ2) is 3.77. The van der Waals surface area contributed by atoms with Crippen molar-refractivity contribution in [2.45, 2.75) is 32.4 Å². The van der Waals surface area contributed by atoms with Gasteiger partial charge in [0.15, 0.2) is 0 Å². The summed E-state index contributed by atoms with van der Waals surface area (Å²) >= 11 is 0. The van der Waals surface area contributed by atoms with E-state index in [2.05, 4.69) is 0 Å². The zero-order valence-electron chi connectivity index (χ0n) is 8.05. The number of hydrogen-bond donors (Lipinski definition) is 1. The van der Waals surface area contributed by atoms with Crippen molar-refractivity contribution in [3.63, 3.8) is 0 Å². The summed E-state index contributed by atoms with van der Waals surface area (Å²) in [5.74, 6) is 0.256. The Morgan fingerprint density at radius 1 is 1.31 bits per heavy atom.